The van der Waals surface area contributed by atoms with Crippen LogP contribution in [-0.4, -0.2) is 35.8 Å². The Morgan fingerprint density at radius 3 is 2.35 bits per heavy atom. The minimum atomic E-state index is -1.39. The number of aromatic hydroxyl groups is 1. The number of fused-ring (bicyclic) bond motifs is 4. The second-order valence-electron chi connectivity index (χ2n) is 12.7. The number of carbonyl (C=O) groups excluding carboxylic acids is 4. The van der Waals surface area contributed by atoms with Gasteiger partial charge in [-0.15, -0.1) is 0 Å². The summed E-state index contributed by atoms with van der Waals surface area (Å²) in [7, 11) is 1.42. The maximum atomic E-state index is 14.5. The summed E-state index contributed by atoms with van der Waals surface area (Å²) < 4.78 is 19.5. The second-order valence-corrected chi connectivity index (χ2v) is 13.1. The highest BCUT2D eigenvalue weighted by atomic mass is 35.5. The molecule has 7 rings (SSSR count). The van der Waals surface area contributed by atoms with Crippen molar-refractivity contribution >= 4 is 46.6 Å². The van der Waals surface area contributed by atoms with E-state index in [0.717, 1.165) is 28.5 Å². The van der Waals surface area contributed by atoms with Crippen LogP contribution in [0.25, 0.3) is 0 Å². The molecule has 3 aromatic carbocycles. The van der Waals surface area contributed by atoms with Crippen LogP contribution in [0.4, 0.5) is 15.8 Å². The smallest absolute Gasteiger partial charge is 0.241 e. The fourth-order valence-corrected chi connectivity index (χ4v) is 8.48. The first-order valence-electron chi connectivity index (χ1n) is 15.4. The molecule has 2 heterocycles. The number of rotatable bonds is 5. The first-order chi connectivity index (χ1) is 22.0. The molecule has 0 bridgehead atoms. The molecular weight excluding hydrogens is 611 g/mol. The standard InChI is InChI=1S/C36H32ClFN2O6/c1-4-18-8-10-19(11-9-18)39-32(42)22-14-13-21-24(29(22)34(39)44)17-25-33(43)40(20-12-15-27(38)26(37)16-20)35(45)36(25,2)30(21)23-6-5-7-28(46-3)31(23)41/h5-13,15-16,22,24-25,29-30,41H,4,14,17H2,1-3H3/t22-,24+,25-,29-,30+,36+/m0/s1. The molecule has 1 saturated carbocycles. The largest absolute Gasteiger partial charge is 0.504 e. The fraction of sp³-hybridized carbons (Fsp3) is 0.333. The van der Waals surface area contributed by atoms with Crippen molar-refractivity contribution in [2.45, 2.75) is 39.0 Å². The lowest BCUT2D eigenvalue weighted by atomic mass is 9.51. The van der Waals surface area contributed by atoms with Crippen LogP contribution in [0, 0.1) is 34.9 Å². The quantitative estimate of drug-likeness (QED) is 0.263. The van der Waals surface area contributed by atoms with Crippen molar-refractivity contribution in [1.29, 1.82) is 0 Å². The maximum Gasteiger partial charge on any atom is 0.241 e. The summed E-state index contributed by atoms with van der Waals surface area (Å²) in [6.45, 7) is 3.73. The summed E-state index contributed by atoms with van der Waals surface area (Å²) in [5, 5.41) is 11.2. The van der Waals surface area contributed by atoms with Crippen molar-refractivity contribution in [3.8, 4) is 11.5 Å². The van der Waals surface area contributed by atoms with E-state index >= 15 is 0 Å². The Morgan fingerprint density at radius 1 is 0.957 bits per heavy atom. The minimum absolute atomic E-state index is 0.134. The monoisotopic (exact) mass is 642 g/mol. The molecule has 2 aliphatic heterocycles. The molecule has 0 radical (unpaired) electrons. The summed E-state index contributed by atoms with van der Waals surface area (Å²) in [5.74, 6) is -6.01. The van der Waals surface area contributed by atoms with E-state index in [2.05, 4.69) is 0 Å². The summed E-state index contributed by atoms with van der Waals surface area (Å²) in [6.07, 6.45) is 3.14. The summed E-state index contributed by atoms with van der Waals surface area (Å²) >= 11 is 6.07. The molecule has 4 aliphatic rings. The van der Waals surface area contributed by atoms with Gasteiger partial charge in [0.2, 0.25) is 23.6 Å². The van der Waals surface area contributed by atoms with Gasteiger partial charge in [0, 0.05) is 11.5 Å². The van der Waals surface area contributed by atoms with Gasteiger partial charge in [-0.2, -0.15) is 0 Å². The van der Waals surface area contributed by atoms with Crippen LogP contribution in [0.2, 0.25) is 5.02 Å². The average molecular weight is 643 g/mol. The van der Waals surface area contributed by atoms with E-state index in [1.54, 1.807) is 37.3 Å². The van der Waals surface area contributed by atoms with Crippen LogP contribution in [-0.2, 0) is 25.6 Å². The van der Waals surface area contributed by atoms with E-state index in [-0.39, 0.29) is 46.9 Å². The molecule has 3 aromatic rings. The molecule has 0 spiro atoms. The summed E-state index contributed by atoms with van der Waals surface area (Å²) in [4.78, 5) is 59.2. The number of carbonyl (C=O) groups is 4. The fourth-order valence-electron chi connectivity index (χ4n) is 8.30. The van der Waals surface area contributed by atoms with Crippen LogP contribution in [0.5, 0.6) is 11.5 Å². The van der Waals surface area contributed by atoms with E-state index in [0.29, 0.717) is 11.3 Å². The predicted octanol–water partition coefficient (Wildman–Crippen LogP) is 6.19. The number of phenols is 1. The van der Waals surface area contributed by atoms with Crippen molar-refractivity contribution in [2.75, 3.05) is 16.9 Å². The lowest BCUT2D eigenvalue weighted by Gasteiger charge is -2.49. The number of hydrogen-bond acceptors (Lipinski definition) is 6. The zero-order valence-corrected chi connectivity index (χ0v) is 26.3. The lowest BCUT2D eigenvalue weighted by Crippen LogP contribution is -2.48. The van der Waals surface area contributed by atoms with Crippen LogP contribution in [0.3, 0.4) is 0 Å². The lowest BCUT2D eigenvalue weighted by molar-refractivity contribution is -0.131. The number of aryl methyl sites for hydroxylation is 1. The van der Waals surface area contributed by atoms with Crippen LogP contribution < -0.4 is 14.5 Å². The highest BCUT2D eigenvalue weighted by Crippen LogP contribution is 2.65. The van der Waals surface area contributed by atoms with Crippen LogP contribution >= 0.6 is 11.6 Å². The third kappa shape index (κ3) is 4.10. The van der Waals surface area contributed by atoms with Gasteiger partial charge in [0.05, 0.1) is 46.7 Å². The molecule has 8 nitrogen and oxygen atoms in total. The third-order valence-electron chi connectivity index (χ3n) is 10.6. The van der Waals surface area contributed by atoms with Crippen molar-refractivity contribution in [3.63, 3.8) is 0 Å². The number of nitrogens with zero attached hydrogens (tertiary/aromatic N) is 2. The number of halogens is 2. The van der Waals surface area contributed by atoms with Gasteiger partial charge in [-0.3, -0.25) is 24.1 Å². The van der Waals surface area contributed by atoms with Gasteiger partial charge in [-0.25, -0.2) is 9.29 Å². The number of benzene rings is 3. The van der Waals surface area contributed by atoms with Crippen molar-refractivity contribution in [3.05, 3.63) is 94.3 Å². The molecule has 236 valence electrons. The highest BCUT2D eigenvalue weighted by molar-refractivity contribution is 6.32. The van der Waals surface area contributed by atoms with Gasteiger partial charge in [0.25, 0.3) is 0 Å². The maximum absolute atomic E-state index is 14.5. The summed E-state index contributed by atoms with van der Waals surface area (Å²) in [6, 6.07) is 16.0. The number of methoxy groups -OCH3 is 1. The van der Waals surface area contributed by atoms with Crippen LogP contribution in [0.1, 0.15) is 43.7 Å². The van der Waals surface area contributed by atoms with Gasteiger partial charge < -0.3 is 9.84 Å². The summed E-state index contributed by atoms with van der Waals surface area (Å²) in [5.41, 5.74) is 1.43. The van der Waals surface area contributed by atoms with Gasteiger partial charge in [-0.05, 0) is 74.1 Å². The number of amides is 4. The molecule has 2 saturated heterocycles. The molecule has 0 unspecified atom stereocenters. The number of para-hydroxylation sites is 1. The van der Waals surface area contributed by atoms with E-state index in [9.17, 15) is 28.7 Å². The topological polar surface area (TPSA) is 104 Å². The van der Waals surface area contributed by atoms with Gasteiger partial charge in [0.15, 0.2) is 11.5 Å². The highest BCUT2D eigenvalue weighted by Gasteiger charge is 2.68. The van der Waals surface area contributed by atoms with Gasteiger partial charge in [-0.1, -0.05) is 54.4 Å². The Morgan fingerprint density at radius 2 is 1.67 bits per heavy atom. The first kappa shape index (κ1) is 30.2. The van der Waals surface area contributed by atoms with Crippen molar-refractivity contribution in [1.82, 2.24) is 0 Å². The zero-order valence-electron chi connectivity index (χ0n) is 25.5. The molecule has 2 aliphatic carbocycles. The van der Waals surface area contributed by atoms with Crippen LogP contribution in [0.15, 0.2) is 72.3 Å². The Labute approximate surface area is 270 Å². The minimum Gasteiger partial charge on any atom is -0.504 e. The normalized spacial score (nSPS) is 28.6. The van der Waals surface area contributed by atoms with Crippen molar-refractivity contribution < 1.29 is 33.4 Å². The SMILES string of the molecule is CCc1ccc(N2C(=O)[C@H]3[C@H](CC=C4[C@H]3C[C@H]3C(=O)N(c5ccc(F)c(Cl)c5)C(=O)[C@@]3(C)[C@H]4c3cccc(OC)c3O)C2=O)cc1. The molecule has 46 heavy (non-hydrogen) atoms. The van der Waals surface area contributed by atoms with E-state index < -0.39 is 52.6 Å². The Hall–Kier alpha value is -4.50. The Bertz CT molecular complexity index is 1860. The molecular formula is C36H32ClFN2O6. The molecule has 1 N–H and O–H groups in total. The second kappa shape index (κ2) is 10.8. The van der Waals surface area contributed by atoms with Crippen molar-refractivity contribution in [2.24, 2.45) is 29.1 Å². The number of ether oxygens (including phenoxy) is 1. The number of phenolic OH excluding ortho intramolecular Hbond substituents is 1. The van der Waals surface area contributed by atoms with E-state index in [4.69, 9.17) is 16.3 Å². The number of hydrogen-bond donors (Lipinski definition) is 1. The molecule has 6 atom stereocenters. The number of allylic oxidation sites excluding steroid dienone is 2. The predicted molar refractivity (Wildman–Crippen MR) is 169 cm³/mol. The molecule has 10 heteroatoms. The number of anilines is 2. The van der Waals surface area contributed by atoms with Gasteiger partial charge >= 0.3 is 0 Å². The molecule has 3 fully saturated rings. The molecule has 0 aromatic heterocycles. The van der Waals surface area contributed by atoms with E-state index in [1.165, 1.54) is 24.1 Å². The Kier molecular flexibility index (Phi) is 7.08. The Balaban J connectivity index is 1.37. The first-order valence-corrected chi connectivity index (χ1v) is 15.8. The number of imide groups is 2. The molecule has 4 amide bonds. The zero-order chi connectivity index (χ0) is 32.7. The third-order valence-corrected chi connectivity index (χ3v) is 10.9. The van der Waals surface area contributed by atoms with E-state index in [1.807, 2.05) is 25.1 Å². The average Bonchev–Trinajstić information content (AvgIpc) is 3.42. The van der Waals surface area contributed by atoms with Gasteiger partial charge in [0.1, 0.15) is 5.82 Å².